The molecule has 0 amide bonds. The van der Waals surface area contributed by atoms with Gasteiger partial charge in [0.15, 0.2) is 0 Å². The van der Waals surface area contributed by atoms with E-state index >= 15 is 0 Å². The highest BCUT2D eigenvalue weighted by atomic mass is 35.6. The summed E-state index contributed by atoms with van der Waals surface area (Å²) >= 11 is 25.2. The predicted octanol–water partition coefficient (Wildman–Crippen LogP) is 2.36. The van der Waals surface area contributed by atoms with Crippen LogP contribution in [0.3, 0.4) is 0 Å². The summed E-state index contributed by atoms with van der Waals surface area (Å²) in [6, 6.07) is 0. The summed E-state index contributed by atoms with van der Waals surface area (Å²) in [6.45, 7) is 0. The van der Waals surface area contributed by atoms with E-state index in [2.05, 4.69) is 0 Å². The van der Waals surface area contributed by atoms with Crippen LogP contribution in [-0.4, -0.2) is 3.79 Å². The van der Waals surface area contributed by atoms with Crippen LogP contribution in [0.15, 0.2) is 10.3 Å². The number of hydrogen-bond donors (Lipinski definition) is 0. The summed E-state index contributed by atoms with van der Waals surface area (Å²) in [6.07, 6.45) is 0. The second-order valence-corrected chi connectivity index (χ2v) is 4.32. The Balaban J connectivity index is 4.40. The molecule has 0 fully saturated rings. The highest BCUT2D eigenvalue weighted by Gasteiger charge is 2.20. The zero-order chi connectivity index (χ0) is 7.65. The van der Waals surface area contributed by atoms with Gasteiger partial charge in [-0.1, -0.05) is 58.0 Å². The molecule has 0 spiro atoms. The molecule has 0 N–H and O–H groups in total. The van der Waals surface area contributed by atoms with Gasteiger partial charge in [0.05, 0.1) is 4.49 Å². The summed E-state index contributed by atoms with van der Waals surface area (Å²) < 4.78 is -2.60. The molecule has 0 aliphatic rings. The highest BCUT2D eigenvalue weighted by Crippen LogP contribution is 2.34. The Labute approximate surface area is 77.1 Å². The summed E-state index contributed by atoms with van der Waals surface area (Å²) in [4.78, 5) is 0. The maximum absolute atomic E-state index is 10.5. The van der Waals surface area contributed by atoms with Gasteiger partial charge >= 0.3 is 0 Å². The van der Waals surface area contributed by atoms with Gasteiger partial charge in [-0.2, -0.15) is 0 Å². The average molecular weight is 229 g/mol. The van der Waals surface area contributed by atoms with E-state index in [4.69, 9.17) is 58.0 Å². The molecule has 0 aliphatic carbocycles. The van der Waals surface area contributed by atoms with Crippen molar-refractivity contribution in [1.29, 1.82) is 0 Å². The molecule has 6 heteroatoms. The third-order valence-electron chi connectivity index (χ3n) is 0.429. The molecule has 0 aromatic rings. The zero-order valence-corrected chi connectivity index (χ0v) is 7.58. The molecule has 1 nitrogen and oxygen atoms in total. The molecule has 0 radical (unpaired) electrons. The molecule has 0 saturated heterocycles. The molecule has 0 aromatic carbocycles. The minimum atomic E-state index is -2.04. The van der Waals surface area contributed by atoms with Gasteiger partial charge in [-0.3, -0.25) is 0 Å². The topological polar surface area (TPSA) is 23.1 Å². The minimum Gasteiger partial charge on any atom is -0.871 e. The first kappa shape index (κ1) is 9.99. The molecule has 54 valence electrons. The lowest BCUT2D eigenvalue weighted by Crippen LogP contribution is -2.19. The molecule has 9 heavy (non-hydrogen) atoms. The van der Waals surface area contributed by atoms with E-state index in [0.29, 0.717) is 0 Å². The van der Waals surface area contributed by atoms with Crippen molar-refractivity contribution < 1.29 is 5.11 Å². The minimum absolute atomic E-state index is 0.560. The van der Waals surface area contributed by atoms with E-state index in [-0.39, 0.29) is 0 Å². The number of allylic oxidation sites excluding steroid dienone is 1. The first-order valence-corrected chi connectivity index (χ1v) is 3.54. The van der Waals surface area contributed by atoms with Gasteiger partial charge < -0.3 is 5.11 Å². The molecule has 0 bridgehead atoms. The van der Waals surface area contributed by atoms with Gasteiger partial charge in [-0.05, 0) is 5.76 Å². The fourth-order valence-electron chi connectivity index (χ4n) is 0.107. The Kier molecular flexibility index (Phi) is 3.78. The monoisotopic (exact) mass is 227 g/mol. The van der Waals surface area contributed by atoms with Crippen LogP contribution in [0.4, 0.5) is 0 Å². The van der Waals surface area contributed by atoms with Crippen molar-refractivity contribution in [3.8, 4) is 0 Å². The maximum Gasteiger partial charge on any atom is 0.204 e. The fraction of sp³-hybridized carbons (Fsp3) is 0.333. The second-order valence-electron chi connectivity index (χ2n) is 1.09. The highest BCUT2D eigenvalue weighted by molar-refractivity contribution is 6.70. The SMILES string of the molecule is [O-]C(=C(Cl)Cl)C(Cl)(Cl)Cl. The standard InChI is InChI=1S/C3HCl5O/c4-2(5)1(9)3(6,7)8/h9H/p-1. The van der Waals surface area contributed by atoms with Crippen LogP contribution in [0.1, 0.15) is 0 Å². The quantitative estimate of drug-likeness (QED) is 0.462. The third-order valence-corrected chi connectivity index (χ3v) is 1.29. The smallest absolute Gasteiger partial charge is 0.204 e. The van der Waals surface area contributed by atoms with E-state index in [1.54, 1.807) is 0 Å². The number of alkyl halides is 3. The molecule has 0 heterocycles. The summed E-state index contributed by atoms with van der Waals surface area (Å²) in [5.41, 5.74) is 0. The Morgan fingerprint density at radius 1 is 1.11 bits per heavy atom. The van der Waals surface area contributed by atoms with E-state index in [9.17, 15) is 5.11 Å². The Hall–Kier alpha value is 0.990. The van der Waals surface area contributed by atoms with Crippen LogP contribution in [0.5, 0.6) is 0 Å². The van der Waals surface area contributed by atoms with Crippen molar-refractivity contribution in [3.63, 3.8) is 0 Å². The molecule has 0 aliphatic heterocycles. The zero-order valence-electron chi connectivity index (χ0n) is 3.80. The normalized spacial score (nSPS) is 11.2. The summed E-state index contributed by atoms with van der Waals surface area (Å²) in [5, 5.41) is 10.5. The number of rotatable bonds is 0. The molecule has 0 rings (SSSR count). The third kappa shape index (κ3) is 3.64. The first-order valence-electron chi connectivity index (χ1n) is 1.65. The molecule has 0 atom stereocenters. The molecule has 0 saturated carbocycles. The van der Waals surface area contributed by atoms with Crippen molar-refractivity contribution in [2.75, 3.05) is 0 Å². The van der Waals surface area contributed by atoms with Crippen molar-refractivity contribution in [3.05, 3.63) is 10.3 Å². The van der Waals surface area contributed by atoms with Crippen LogP contribution in [0.25, 0.3) is 0 Å². The van der Waals surface area contributed by atoms with Gasteiger partial charge in [0.1, 0.15) is 0 Å². The van der Waals surface area contributed by atoms with Crippen LogP contribution >= 0.6 is 58.0 Å². The summed E-state index contributed by atoms with van der Waals surface area (Å²) in [5.74, 6) is -0.921. The summed E-state index contributed by atoms with van der Waals surface area (Å²) in [7, 11) is 0. The van der Waals surface area contributed by atoms with E-state index in [1.807, 2.05) is 0 Å². The molecular formula is C3Cl5O-. The van der Waals surface area contributed by atoms with Crippen LogP contribution in [0.2, 0.25) is 0 Å². The predicted molar refractivity (Wildman–Crippen MR) is 39.0 cm³/mol. The second kappa shape index (κ2) is 3.40. The number of halogens is 5. The fourth-order valence-corrected chi connectivity index (χ4v) is 0.964. The van der Waals surface area contributed by atoms with Crippen LogP contribution in [0, 0.1) is 0 Å². The van der Waals surface area contributed by atoms with Crippen molar-refractivity contribution >= 4 is 58.0 Å². The molecular weight excluding hydrogens is 229 g/mol. The lowest BCUT2D eigenvalue weighted by Gasteiger charge is -2.19. The van der Waals surface area contributed by atoms with Gasteiger partial charge in [0.25, 0.3) is 0 Å². The van der Waals surface area contributed by atoms with Gasteiger partial charge in [0, 0.05) is 0 Å². The maximum atomic E-state index is 10.5. The van der Waals surface area contributed by atoms with E-state index < -0.39 is 14.0 Å². The molecule has 0 unspecified atom stereocenters. The Morgan fingerprint density at radius 2 is 1.44 bits per heavy atom. The van der Waals surface area contributed by atoms with E-state index in [1.165, 1.54) is 0 Å². The van der Waals surface area contributed by atoms with Crippen molar-refractivity contribution in [1.82, 2.24) is 0 Å². The number of hydrogen-bond acceptors (Lipinski definition) is 1. The first-order chi connectivity index (χ1) is 3.85. The average Bonchev–Trinajstić information content (AvgIpc) is 1.62. The van der Waals surface area contributed by atoms with Crippen LogP contribution in [-0.2, 0) is 0 Å². The van der Waals surface area contributed by atoms with Gasteiger partial charge in [-0.15, -0.1) is 0 Å². The Bertz CT molecular complexity index is 130. The van der Waals surface area contributed by atoms with Crippen LogP contribution < -0.4 is 5.11 Å². The lowest BCUT2D eigenvalue weighted by atomic mass is 10.6. The van der Waals surface area contributed by atoms with Crippen molar-refractivity contribution in [2.24, 2.45) is 0 Å². The largest absolute Gasteiger partial charge is 0.871 e. The lowest BCUT2D eigenvalue weighted by molar-refractivity contribution is -0.304. The van der Waals surface area contributed by atoms with E-state index in [0.717, 1.165) is 0 Å². The van der Waals surface area contributed by atoms with Gasteiger partial charge in [-0.25, -0.2) is 0 Å². The van der Waals surface area contributed by atoms with Crippen molar-refractivity contribution in [2.45, 2.75) is 3.79 Å². The Morgan fingerprint density at radius 3 is 1.44 bits per heavy atom. The molecule has 0 aromatic heterocycles. The van der Waals surface area contributed by atoms with Gasteiger partial charge in [0.2, 0.25) is 3.79 Å².